The lowest BCUT2D eigenvalue weighted by Crippen LogP contribution is -1.80. The van der Waals surface area contributed by atoms with Crippen LogP contribution in [0.4, 0.5) is 0 Å². The maximum absolute atomic E-state index is 5.56. The summed E-state index contributed by atoms with van der Waals surface area (Å²) in [6, 6.07) is 7.83. The number of fused-ring (bicyclic) bond motifs is 1. The number of rotatable bonds is 2. The smallest absolute Gasteiger partial charge is 0.199 e. The molecule has 0 aliphatic carbocycles. The number of aromatic nitrogens is 1. The summed E-state index contributed by atoms with van der Waals surface area (Å²) in [5.41, 5.74) is 3.08. The lowest BCUT2D eigenvalue weighted by atomic mass is 10.3. The van der Waals surface area contributed by atoms with Crippen molar-refractivity contribution in [2.24, 2.45) is 0 Å². The Kier molecular flexibility index (Phi) is 2.35. The van der Waals surface area contributed by atoms with Crippen molar-refractivity contribution in [1.29, 1.82) is 0 Å². The molecule has 0 N–H and O–H groups in total. The molecule has 0 spiro atoms. The topological polar surface area (TPSA) is 26.0 Å². The molecule has 0 fully saturated rings. The van der Waals surface area contributed by atoms with Crippen LogP contribution in [0.1, 0.15) is 19.7 Å². The zero-order valence-corrected chi connectivity index (χ0v) is 8.45. The van der Waals surface area contributed by atoms with Crippen LogP contribution in [0.15, 0.2) is 40.3 Å². The summed E-state index contributed by atoms with van der Waals surface area (Å²) in [6.07, 6.45) is 2.89. The number of allylic oxidation sites excluding steroid dienone is 2. The van der Waals surface area contributed by atoms with Gasteiger partial charge in [-0.25, -0.2) is 4.98 Å². The molecule has 0 aliphatic rings. The van der Waals surface area contributed by atoms with E-state index in [1.165, 1.54) is 5.57 Å². The highest BCUT2D eigenvalue weighted by Crippen LogP contribution is 2.15. The summed E-state index contributed by atoms with van der Waals surface area (Å²) in [5.74, 6) is 0.785. The summed E-state index contributed by atoms with van der Waals surface area (Å²) in [6.45, 7) is 4.14. The Morgan fingerprint density at radius 3 is 2.86 bits per heavy atom. The van der Waals surface area contributed by atoms with Gasteiger partial charge in [-0.3, -0.25) is 0 Å². The maximum Gasteiger partial charge on any atom is 0.199 e. The molecule has 72 valence electrons. The molecule has 2 heteroatoms. The predicted octanol–water partition coefficient (Wildman–Crippen LogP) is 3.34. The lowest BCUT2D eigenvalue weighted by Gasteiger charge is -1.87. The minimum atomic E-state index is 0.775. The van der Waals surface area contributed by atoms with Crippen LogP contribution in [0.5, 0.6) is 0 Å². The van der Waals surface area contributed by atoms with E-state index < -0.39 is 0 Å². The van der Waals surface area contributed by atoms with Crippen molar-refractivity contribution in [2.75, 3.05) is 0 Å². The first-order valence-electron chi connectivity index (χ1n) is 4.73. The highest BCUT2D eigenvalue weighted by atomic mass is 16.3. The zero-order chi connectivity index (χ0) is 9.97. The fourth-order valence-electron chi connectivity index (χ4n) is 1.30. The number of para-hydroxylation sites is 2. The first-order valence-corrected chi connectivity index (χ1v) is 4.73. The van der Waals surface area contributed by atoms with Gasteiger partial charge < -0.3 is 4.42 Å². The second-order valence-corrected chi connectivity index (χ2v) is 3.56. The molecule has 0 saturated carbocycles. The van der Waals surface area contributed by atoms with Gasteiger partial charge in [0.2, 0.25) is 0 Å². The van der Waals surface area contributed by atoms with Gasteiger partial charge in [-0.1, -0.05) is 23.8 Å². The second-order valence-electron chi connectivity index (χ2n) is 3.56. The fourth-order valence-corrected chi connectivity index (χ4v) is 1.30. The van der Waals surface area contributed by atoms with Gasteiger partial charge in [0.15, 0.2) is 11.5 Å². The SMILES string of the molecule is CC(C)=CCc1nc2ccccc2o1. The highest BCUT2D eigenvalue weighted by molar-refractivity contribution is 5.72. The lowest BCUT2D eigenvalue weighted by molar-refractivity contribution is 0.546. The monoisotopic (exact) mass is 187 g/mol. The first kappa shape index (κ1) is 9.00. The van der Waals surface area contributed by atoms with E-state index >= 15 is 0 Å². The van der Waals surface area contributed by atoms with Gasteiger partial charge >= 0.3 is 0 Å². The van der Waals surface area contributed by atoms with Crippen LogP contribution in [0.3, 0.4) is 0 Å². The Bertz CT molecular complexity index is 431. The van der Waals surface area contributed by atoms with Gasteiger partial charge in [0.1, 0.15) is 5.52 Å². The Labute approximate surface area is 83.3 Å². The highest BCUT2D eigenvalue weighted by Gasteiger charge is 2.02. The van der Waals surface area contributed by atoms with Crippen LogP contribution in [-0.2, 0) is 6.42 Å². The van der Waals surface area contributed by atoms with E-state index in [0.29, 0.717) is 0 Å². The molecule has 2 aromatic rings. The number of hydrogen-bond acceptors (Lipinski definition) is 2. The van der Waals surface area contributed by atoms with E-state index in [0.717, 1.165) is 23.4 Å². The molecule has 1 heterocycles. The number of benzene rings is 1. The standard InChI is InChI=1S/C12H13NO/c1-9(2)7-8-12-13-10-5-3-4-6-11(10)14-12/h3-7H,8H2,1-2H3. The Morgan fingerprint density at radius 2 is 2.14 bits per heavy atom. The molecule has 0 atom stereocenters. The van der Waals surface area contributed by atoms with Crippen molar-refractivity contribution in [2.45, 2.75) is 20.3 Å². The molecule has 14 heavy (non-hydrogen) atoms. The number of hydrogen-bond donors (Lipinski definition) is 0. The van der Waals surface area contributed by atoms with E-state index in [-0.39, 0.29) is 0 Å². The molecule has 0 amide bonds. The minimum absolute atomic E-state index is 0.775. The van der Waals surface area contributed by atoms with Crippen LogP contribution < -0.4 is 0 Å². The predicted molar refractivity (Wildman–Crippen MR) is 57.1 cm³/mol. The molecule has 0 aliphatic heterocycles. The van der Waals surface area contributed by atoms with E-state index in [1.54, 1.807) is 0 Å². The minimum Gasteiger partial charge on any atom is -0.440 e. The van der Waals surface area contributed by atoms with Gasteiger partial charge in [0.05, 0.1) is 0 Å². The van der Waals surface area contributed by atoms with Gasteiger partial charge in [-0.15, -0.1) is 0 Å². The molecule has 1 aromatic carbocycles. The summed E-state index contributed by atoms with van der Waals surface area (Å²) in [5, 5.41) is 0. The van der Waals surface area contributed by atoms with E-state index in [9.17, 15) is 0 Å². The average Bonchev–Trinajstić information content (AvgIpc) is 2.57. The Balaban J connectivity index is 2.31. The molecule has 1 aromatic heterocycles. The summed E-state index contributed by atoms with van der Waals surface area (Å²) in [4.78, 5) is 4.37. The van der Waals surface area contributed by atoms with Crippen LogP contribution in [0.2, 0.25) is 0 Å². The van der Waals surface area contributed by atoms with Crippen molar-refractivity contribution in [1.82, 2.24) is 4.98 Å². The second kappa shape index (κ2) is 3.66. The number of oxazole rings is 1. The van der Waals surface area contributed by atoms with E-state index in [4.69, 9.17) is 4.42 Å². The van der Waals surface area contributed by atoms with Crippen molar-refractivity contribution in [3.05, 3.63) is 41.8 Å². The molecular formula is C12H13NO. The normalized spacial score (nSPS) is 10.4. The molecule has 0 radical (unpaired) electrons. The first-order chi connectivity index (χ1) is 6.75. The van der Waals surface area contributed by atoms with Gasteiger partial charge in [0, 0.05) is 6.42 Å². The molecule has 0 bridgehead atoms. The van der Waals surface area contributed by atoms with Crippen molar-refractivity contribution < 1.29 is 4.42 Å². The summed E-state index contributed by atoms with van der Waals surface area (Å²) < 4.78 is 5.56. The van der Waals surface area contributed by atoms with Gasteiger partial charge in [0.25, 0.3) is 0 Å². The zero-order valence-electron chi connectivity index (χ0n) is 8.45. The molecule has 2 nitrogen and oxygen atoms in total. The quantitative estimate of drug-likeness (QED) is 0.674. The molecular weight excluding hydrogens is 174 g/mol. The third kappa shape index (κ3) is 1.84. The van der Waals surface area contributed by atoms with Gasteiger partial charge in [-0.2, -0.15) is 0 Å². The van der Waals surface area contributed by atoms with Crippen LogP contribution in [0, 0.1) is 0 Å². The summed E-state index contributed by atoms with van der Waals surface area (Å²) in [7, 11) is 0. The maximum atomic E-state index is 5.56. The van der Waals surface area contributed by atoms with E-state index in [2.05, 4.69) is 24.9 Å². The molecule has 2 rings (SSSR count). The van der Waals surface area contributed by atoms with Crippen molar-refractivity contribution in [3.63, 3.8) is 0 Å². The average molecular weight is 187 g/mol. The van der Waals surface area contributed by atoms with Crippen LogP contribution in [-0.4, -0.2) is 4.98 Å². The Morgan fingerprint density at radius 1 is 1.36 bits per heavy atom. The van der Waals surface area contributed by atoms with Crippen molar-refractivity contribution >= 4 is 11.1 Å². The summed E-state index contributed by atoms with van der Waals surface area (Å²) >= 11 is 0. The molecule has 0 unspecified atom stereocenters. The van der Waals surface area contributed by atoms with Gasteiger partial charge in [-0.05, 0) is 26.0 Å². The van der Waals surface area contributed by atoms with Crippen LogP contribution in [0.25, 0.3) is 11.1 Å². The largest absolute Gasteiger partial charge is 0.440 e. The van der Waals surface area contributed by atoms with Crippen LogP contribution >= 0.6 is 0 Å². The fraction of sp³-hybridized carbons (Fsp3) is 0.250. The molecule has 0 saturated heterocycles. The number of nitrogens with zero attached hydrogens (tertiary/aromatic N) is 1. The third-order valence-corrected chi connectivity index (χ3v) is 2.02. The Hall–Kier alpha value is -1.57. The van der Waals surface area contributed by atoms with Crippen molar-refractivity contribution in [3.8, 4) is 0 Å². The van der Waals surface area contributed by atoms with E-state index in [1.807, 2.05) is 24.3 Å². The third-order valence-electron chi connectivity index (χ3n) is 2.02.